The zero-order valence-electron chi connectivity index (χ0n) is 13.0. The molecule has 1 amide bonds. The molecule has 0 aliphatic heterocycles. The fourth-order valence-electron chi connectivity index (χ4n) is 1.87. The third kappa shape index (κ3) is 5.49. The second kappa shape index (κ2) is 9.49. The van der Waals surface area contributed by atoms with Gasteiger partial charge < -0.3 is 15.2 Å². The van der Waals surface area contributed by atoms with Crippen LogP contribution in [-0.2, 0) is 11.3 Å². The predicted molar refractivity (Wildman–Crippen MR) is 92.2 cm³/mol. The highest BCUT2D eigenvalue weighted by Crippen LogP contribution is 2.14. The number of rotatable bonds is 7. The number of nitrogens with zero attached hydrogens (tertiary/aromatic N) is 4. The molecule has 0 unspecified atom stereocenters. The van der Waals surface area contributed by atoms with Crippen LogP contribution in [0.15, 0.2) is 29.0 Å². The molecular formula is C14H20ClN5O2S. The van der Waals surface area contributed by atoms with Crippen LogP contribution in [0.4, 0.5) is 0 Å². The number of likely N-dealkylation sites (N-methyl/N-ethyl adjacent to an activating group) is 1. The molecule has 9 heteroatoms. The molecule has 2 heterocycles. The van der Waals surface area contributed by atoms with Crippen LogP contribution in [0.1, 0.15) is 12.3 Å². The van der Waals surface area contributed by atoms with Gasteiger partial charge in [-0.15, -0.1) is 12.4 Å². The first kappa shape index (κ1) is 19.4. The van der Waals surface area contributed by atoms with Gasteiger partial charge in [0.1, 0.15) is 0 Å². The monoisotopic (exact) mass is 357 g/mol. The lowest BCUT2D eigenvalue weighted by molar-refractivity contribution is -0.132. The minimum atomic E-state index is -0.500. The van der Waals surface area contributed by atoms with E-state index in [1.54, 1.807) is 43.3 Å². The lowest BCUT2D eigenvalue weighted by atomic mass is 10.2. The fourth-order valence-corrected chi connectivity index (χ4v) is 2.36. The number of carbonyl (C=O) groups is 1. The third-order valence-corrected chi connectivity index (χ3v) is 3.75. The largest absolute Gasteiger partial charge is 0.337 e. The van der Waals surface area contributed by atoms with Gasteiger partial charge in [-0.1, -0.05) is 5.16 Å². The van der Waals surface area contributed by atoms with Gasteiger partial charge in [0.05, 0.1) is 12.6 Å². The molecule has 0 aliphatic rings. The second-order valence-corrected chi connectivity index (χ2v) is 5.82. The van der Waals surface area contributed by atoms with Crippen molar-refractivity contribution in [2.75, 3.05) is 19.1 Å². The van der Waals surface area contributed by atoms with Crippen LogP contribution in [0.25, 0.3) is 11.4 Å². The maximum absolute atomic E-state index is 12.1. The van der Waals surface area contributed by atoms with E-state index in [2.05, 4.69) is 15.1 Å². The third-order valence-electron chi connectivity index (χ3n) is 3.11. The smallest absolute Gasteiger partial charge is 0.246 e. The average molecular weight is 358 g/mol. The van der Waals surface area contributed by atoms with E-state index < -0.39 is 6.04 Å². The minimum absolute atomic E-state index is 0. The van der Waals surface area contributed by atoms with E-state index in [0.29, 0.717) is 18.1 Å². The van der Waals surface area contributed by atoms with Crippen molar-refractivity contribution in [2.24, 2.45) is 5.73 Å². The topological polar surface area (TPSA) is 98.1 Å². The maximum atomic E-state index is 12.1. The quantitative estimate of drug-likeness (QED) is 0.803. The van der Waals surface area contributed by atoms with E-state index >= 15 is 0 Å². The first-order chi connectivity index (χ1) is 10.6. The Morgan fingerprint density at radius 3 is 2.78 bits per heavy atom. The van der Waals surface area contributed by atoms with E-state index in [1.807, 2.05) is 6.26 Å². The number of nitrogens with two attached hydrogens (primary N) is 1. The van der Waals surface area contributed by atoms with Gasteiger partial charge in [-0.2, -0.15) is 16.7 Å². The number of pyridine rings is 1. The van der Waals surface area contributed by atoms with E-state index in [9.17, 15) is 4.79 Å². The summed E-state index contributed by atoms with van der Waals surface area (Å²) in [5.74, 6) is 1.58. The van der Waals surface area contributed by atoms with Crippen molar-refractivity contribution in [3.05, 3.63) is 30.4 Å². The van der Waals surface area contributed by atoms with Crippen molar-refractivity contribution < 1.29 is 9.32 Å². The van der Waals surface area contributed by atoms with Crippen LogP contribution in [0, 0.1) is 0 Å². The number of hydrogen-bond acceptors (Lipinski definition) is 7. The first-order valence-electron chi connectivity index (χ1n) is 6.84. The standard InChI is InChI=1S/C14H19N5O2S.ClH/c1-19(14(20)11(15)5-8-22-2)9-12-17-13(18-21-12)10-3-6-16-7-4-10;/h3-4,6-7,11H,5,8-9,15H2,1-2H3;1H/t11-;/m0./s1. The Morgan fingerprint density at radius 1 is 1.43 bits per heavy atom. The van der Waals surface area contributed by atoms with E-state index in [-0.39, 0.29) is 24.9 Å². The van der Waals surface area contributed by atoms with Gasteiger partial charge >= 0.3 is 0 Å². The Bertz CT molecular complexity index is 610. The summed E-state index contributed by atoms with van der Waals surface area (Å²) in [5, 5.41) is 3.91. The zero-order valence-corrected chi connectivity index (χ0v) is 14.6. The summed E-state index contributed by atoms with van der Waals surface area (Å²) < 4.78 is 5.18. The number of aromatic nitrogens is 3. The average Bonchev–Trinajstić information content (AvgIpc) is 3.01. The van der Waals surface area contributed by atoms with Crippen LogP contribution in [0.3, 0.4) is 0 Å². The van der Waals surface area contributed by atoms with Gasteiger partial charge in [0.25, 0.3) is 0 Å². The predicted octanol–water partition coefficient (Wildman–Crippen LogP) is 1.59. The molecule has 23 heavy (non-hydrogen) atoms. The SMILES string of the molecule is CSCC[C@H](N)C(=O)N(C)Cc1nc(-c2ccncc2)no1.Cl. The molecule has 0 fully saturated rings. The molecule has 0 aromatic carbocycles. The molecule has 0 saturated carbocycles. The van der Waals surface area contributed by atoms with Crippen LogP contribution in [0.2, 0.25) is 0 Å². The molecule has 2 aromatic heterocycles. The number of amides is 1. The number of carbonyl (C=O) groups excluding carboxylic acids is 1. The minimum Gasteiger partial charge on any atom is -0.337 e. The summed E-state index contributed by atoms with van der Waals surface area (Å²) in [6.07, 6.45) is 5.95. The summed E-state index contributed by atoms with van der Waals surface area (Å²) >= 11 is 1.67. The molecule has 7 nitrogen and oxygen atoms in total. The van der Waals surface area contributed by atoms with Crippen molar-refractivity contribution in [3.63, 3.8) is 0 Å². The Morgan fingerprint density at radius 2 is 2.13 bits per heavy atom. The Labute approximate surface area is 145 Å². The Kier molecular flexibility index (Phi) is 8.01. The lowest BCUT2D eigenvalue weighted by Crippen LogP contribution is -2.41. The van der Waals surface area contributed by atoms with Gasteiger partial charge in [-0.3, -0.25) is 9.78 Å². The number of thioether (sulfide) groups is 1. The highest BCUT2D eigenvalue weighted by atomic mass is 35.5. The normalized spacial score (nSPS) is 11.6. The fraction of sp³-hybridized carbons (Fsp3) is 0.429. The maximum Gasteiger partial charge on any atom is 0.246 e. The molecule has 2 aromatic rings. The molecule has 0 radical (unpaired) electrons. The Hall–Kier alpha value is -1.64. The molecule has 126 valence electrons. The van der Waals surface area contributed by atoms with Gasteiger partial charge in [0.15, 0.2) is 0 Å². The van der Waals surface area contributed by atoms with Crippen molar-refractivity contribution >= 4 is 30.1 Å². The summed E-state index contributed by atoms with van der Waals surface area (Å²) in [4.78, 5) is 21.9. The zero-order chi connectivity index (χ0) is 15.9. The summed E-state index contributed by atoms with van der Waals surface area (Å²) in [6.45, 7) is 0.240. The summed E-state index contributed by atoms with van der Waals surface area (Å²) in [7, 11) is 1.68. The van der Waals surface area contributed by atoms with Crippen LogP contribution >= 0.6 is 24.2 Å². The second-order valence-electron chi connectivity index (χ2n) is 4.83. The molecule has 0 spiro atoms. The van der Waals surface area contributed by atoms with Gasteiger partial charge in [-0.25, -0.2) is 0 Å². The molecule has 0 bridgehead atoms. The van der Waals surface area contributed by atoms with Gasteiger partial charge in [0, 0.05) is 25.0 Å². The molecule has 1 atom stereocenters. The van der Waals surface area contributed by atoms with Crippen LogP contribution in [0.5, 0.6) is 0 Å². The van der Waals surface area contributed by atoms with Crippen molar-refractivity contribution in [1.29, 1.82) is 0 Å². The van der Waals surface area contributed by atoms with Crippen molar-refractivity contribution in [3.8, 4) is 11.4 Å². The summed E-state index contributed by atoms with van der Waals surface area (Å²) in [5.41, 5.74) is 6.69. The number of halogens is 1. The molecular weight excluding hydrogens is 338 g/mol. The molecule has 0 saturated heterocycles. The van der Waals surface area contributed by atoms with Crippen LogP contribution < -0.4 is 5.73 Å². The number of hydrogen-bond donors (Lipinski definition) is 1. The lowest BCUT2D eigenvalue weighted by Gasteiger charge is -2.19. The highest BCUT2D eigenvalue weighted by molar-refractivity contribution is 7.98. The van der Waals surface area contributed by atoms with Gasteiger partial charge in [-0.05, 0) is 30.6 Å². The van der Waals surface area contributed by atoms with Crippen LogP contribution in [-0.4, -0.2) is 51.0 Å². The van der Waals surface area contributed by atoms with E-state index in [4.69, 9.17) is 10.3 Å². The van der Waals surface area contributed by atoms with Crippen molar-refractivity contribution in [1.82, 2.24) is 20.0 Å². The molecule has 2 N–H and O–H groups in total. The molecule has 0 aliphatic carbocycles. The molecule has 2 rings (SSSR count). The van der Waals surface area contributed by atoms with E-state index in [1.165, 1.54) is 4.90 Å². The van der Waals surface area contributed by atoms with Crippen molar-refractivity contribution in [2.45, 2.75) is 19.0 Å². The van der Waals surface area contributed by atoms with E-state index in [0.717, 1.165) is 11.3 Å². The van der Waals surface area contributed by atoms with Gasteiger partial charge in [0.2, 0.25) is 17.6 Å². The summed E-state index contributed by atoms with van der Waals surface area (Å²) in [6, 6.07) is 3.09. The highest BCUT2D eigenvalue weighted by Gasteiger charge is 2.20. The first-order valence-corrected chi connectivity index (χ1v) is 8.23. The Balaban J connectivity index is 0.00000264.